The highest BCUT2D eigenvalue weighted by Gasteiger charge is 2.31. The number of carbonyl (C=O) groups excluding carboxylic acids is 1. The first-order chi connectivity index (χ1) is 12.1. The van der Waals surface area contributed by atoms with Gasteiger partial charge in [0.25, 0.3) is 0 Å². The molecule has 0 aliphatic carbocycles. The Kier molecular flexibility index (Phi) is 5.97. The van der Waals surface area contributed by atoms with Crippen molar-refractivity contribution < 1.29 is 9.90 Å². The van der Waals surface area contributed by atoms with E-state index in [0.717, 1.165) is 32.6 Å². The van der Waals surface area contributed by atoms with Gasteiger partial charge in [-0.1, -0.05) is 12.1 Å². The second kappa shape index (κ2) is 8.19. The number of nitrogens with one attached hydrogen (secondary N) is 1. The maximum absolute atomic E-state index is 11.2. The Balaban J connectivity index is 1.48. The Morgan fingerprint density at radius 1 is 1.20 bits per heavy atom. The van der Waals surface area contributed by atoms with Crippen LogP contribution in [-0.2, 0) is 4.79 Å². The van der Waals surface area contributed by atoms with Crippen molar-refractivity contribution in [1.29, 1.82) is 0 Å². The summed E-state index contributed by atoms with van der Waals surface area (Å²) in [6.45, 7) is 9.14. The smallest absolute Gasteiger partial charge is 0.245 e. The highest BCUT2D eigenvalue weighted by Crippen LogP contribution is 2.29. The van der Waals surface area contributed by atoms with Gasteiger partial charge in [-0.2, -0.15) is 0 Å². The molecule has 0 bridgehead atoms. The molecule has 5 nitrogen and oxygen atoms in total. The van der Waals surface area contributed by atoms with Crippen LogP contribution in [0.1, 0.15) is 30.4 Å². The maximum Gasteiger partial charge on any atom is 0.245 e. The Labute approximate surface area is 151 Å². The van der Waals surface area contributed by atoms with Crippen molar-refractivity contribution in [1.82, 2.24) is 10.2 Å². The van der Waals surface area contributed by atoms with Crippen molar-refractivity contribution >= 4 is 11.6 Å². The molecule has 0 saturated carbocycles. The summed E-state index contributed by atoms with van der Waals surface area (Å²) >= 11 is 0. The third-order valence-corrected chi connectivity index (χ3v) is 5.95. The number of aliphatic hydroxyl groups is 1. The SMILES string of the molecule is Cc1cccc(N2CCC(N3CCC(CNC(=O)CO)C3)CC2)c1C. The number of anilines is 1. The van der Waals surface area contributed by atoms with Crippen molar-refractivity contribution in [3.05, 3.63) is 29.3 Å². The minimum absolute atomic E-state index is 0.264. The van der Waals surface area contributed by atoms with Gasteiger partial charge in [0.05, 0.1) is 0 Å². The van der Waals surface area contributed by atoms with E-state index in [-0.39, 0.29) is 5.91 Å². The number of aliphatic hydroxyl groups excluding tert-OH is 1. The van der Waals surface area contributed by atoms with Crippen LogP contribution in [0.2, 0.25) is 0 Å². The molecule has 0 spiro atoms. The van der Waals surface area contributed by atoms with Gasteiger partial charge >= 0.3 is 0 Å². The topological polar surface area (TPSA) is 55.8 Å². The number of hydrogen-bond donors (Lipinski definition) is 2. The zero-order valence-electron chi connectivity index (χ0n) is 15.5. The molecular formula is C20H31N3O2. The van der Waals surface area contributed by atoms with Crippen LogP contribution in [0, 0.1) is 19.8 Å². The summed E-state index contributed by atoms with van der Waals surface area (Å²) in [5.41, 5.74) is 4.17. The second-order valence-electron chi connectivity index (χ2n) is 7.55. The van der Waals surface area contributed by atoms with Crippen LogP contribution in [0.3, 0.4) is 0 Å². The van der Waals surface area contributed by atoms with Gasteiger partial charge in [-0.15, -0.1) is 0 Å². The van der Waals surface area contributed by atoms with E-state index in [2.05, 4.69) is 47.2 Å². The summed E-state index contributed by atoms with van der Waals surface area (Å²) < 4.78 is 0. The van der Waals surface area contributed by atoms with Crippen molar-refractivity contribution in [2.45, 2.75) is 39.2 Å². The molecule has 2 heterocycles. The molecule has 1 amide bonds. The normalized spacial score (nSPS) is 22.4. The van der Waals surface area contributed by atoms with Gasteiger partial charge < -0.3 is 15.3 Å². The minimum Gasteiger partial charge on any atom is -0.387 e. The number of nitrogens with zero attached hydrogens (tertiary/aromatic N) is 2. The van der Waals surface area contributed by atoms with Crippen LogP contribution in [-0.4, -0.2) is 61.3 Å². The number of rotatable bonds is 5. The third kappa shape index (κ3) is 4.33. The van der Waals surface area contributed by atoms with Crippen molar-refractivity contribution in [3.63, 3.8) is 0 Å². The van der Waals surface area contributed by atoms with Gasteiger partial charge in [0.1, 0.15) is 6.61 Å². The number of likely N-dealkylation sites (tertiary alicyclic amines) is 1. The molecule has 0 aromatic heterocycles. The van der Waals surface area contributed by atoms with Crippen LogP contribution in [0.15, 0.2) is 18.2 Å². The summed E-state index contributed by atoms with van der Waals surface area (Å²) in [5.74, 6) is 0.257. The van der Waals surface area contributed by atoms with E-state index in [0.29, 0.717) is 18.5 Å². The maximum atomic E-state index is 11.2. The van der Waals surface area contributed by atoms with Gasteiger partial charge in [0, 0.05) is 37.9 Å². The monoisotopic (exact) mass is 345 g/mol. The highest BCUT2D eigenvalue weighted by molar-refractivity contribution is 5.76. The van der Waals surface area contributed by atoms with Crippen LogP contribution in [0.4, 0.5) is 5.69 Å². The molecule has 1 aromatic carbocycles. The number of amides is 1. The first-order valence-electron chi connectivity index (χ1n) is 9.51. The second-order valence-corrected chi connectivity index (χ2v) is 7.55. The third-order valence-electron chi connectivity index (χ3n) is 5.95. The molecule has 5 heteroatoms. The average Bonchev–Trinajstić information content (AvgIpc) is 3.11. The molecule has 2 aliphatic rings. The van der Waals surface area contributed by atoms with E-state index >= 15 is 0 Å². The first kappa shape index (κ1) is 18.2. The number of carbonyl (C=O) groups is 1. The van der Waals surface area contributed by atoms with E-state index in [9.17, 15) is 4.79 Å². The Hall–Kier alpha value is -1.59. The van der Waals surface area contributed by atoms with Gasteiger partial charge in [-0.25, -0.2) is 0 Å². The lowest BCUT2D eigenvalue weighted by atomic mass is 10.0. The highest BCUT2D eigenvalue weighted by atomic mass is 16.3. The summed E-state index contributed by atoms with van der Waals surface area (Å²) in [6.07, 6.45) is 3.56. The summed E-state index contributed by atoms with van der Waals surface area (Å²) in [5, 5.41) is 11.6. The van der Waals surface area contributed by atoms with Crippen LogP contribution >= 0.6 is 0 Å². The van der Waals surface area contributed by atoms with E-state index < -0.39 is 6.61 Å². The van der Waals surface area contributed by atoms with Crippen molar-refractivity contribution in [2.75, 3.05) is 44.2 Å². The first-order valence-corrected chi connectivity index (χ1v) is 9.51. The Morgan fingerprint density at radius 3 is 2.68 bits per heavy atom. The molecule has 2 N–H and O–H groups in total. The zero-order valence-corrected chi connectivity index (χ0v) is 15.5. The molecule has 2 saturated heterocycles. The average molecular weight is 345 g/mol. The molecule has 0 radical (unpaired) electrons. The van der Waals surface area contributed by atoms with E-state index in [1.54, 1.807) is 0 Å². The minimum atomic E-state index is -0.409. The number of aryl methyl sites for hydroxylation is 1. The molecule has 138 valence electrons. The predicted octanol–water partition coefficient (Wildman–Crippen LogP) is 1.70. The van der Waals surface area contributed by atoms with Crippen LogP contribution in [0.5, 0.6) is 0 Å². The van der Waals surface area contributed by atoms with Crippen molar-refractivity contribution in [2.24, 2.45) is 5.92 Å². The van der Waals surface area contributed by atoms with Crippen molar-refractivity contribution in [3.8, 4) is 0 Å². The van der Waals surface area contributed by atoms with E-state index in [1.807, 2.05) is 0 Å². The quantitative estimate of drug-likeness (QED) is 0.853. The molecule has 1 aromatic rings. The molecule has 2 fully saturated rings. The van der Waals surface area contributed by atoms with Gasteiger partial charge in [0.2, 0.25) is 5.91 Å². The summed E-state index contributed by atoms with van der Waals surface area (Å²) in [4.78, 5) is 16.3. The van der Waals surface area contributed by atoms with Gasteiger partial charge in [-0.3, -0.25) is 9.69 Å². The Bertz CT molecular complexity index is 597. The lowest BCUT2D eigenvalue weighted by Gasteiger charge is -2.38. The van der Waals surface area contributed by atoms with E-state index in [1.165, 1.54) is 29.7 Å². The lowest BCUT2D eigenvalue weighted by molar-refractivity contribution is -0.123. The number of hydrogen-bond acceptors (Lipinski definition) is 4. The zero-order chi connectivity index (χ0) is 17.8. The summed E-state index contributed by atoms with van der Waals surface area (Å²) in [7, 11) is 0. The Morgan fingerprint density at radius 2 is 1.96 bits per heavy atom. The van der Waals surface area contributed by atoms with Gasteiger partial charge in [0.15, 0.2) is 0 Å². The fourth-order valence-electron chi connectivity index (χ4n) is 4.23. The fraction of sp³-hybridized carbons (Fsp3) is 0.650. The molecule has 3 rings (SSSR count). The van der Waals surface area contributed by atoms with Crippen LogP contribution < -0.4 is 10.2 Å². The predicted molar refractivity (Wildman–Crippen MR) is 101 cm³/mol. The molecule has 1 unspecified atom stereocenters. The molecule has 25 heavy (non-hydrogen) atoms. The van der Waals surface area contributed by atoms with E-state index in [4.69, 9.17) is 5.11 Å². The standard InChI is InChI=1S/C20H31N3O2/c1-15-4-3-5-19(16(15)2)22-10-7-18(8-11-22)23-9-6-17(13-23)12-21-20(25)14-24/h3-5,17-18,24H,6-14H2,1-2H3,(H,21,25). The molecule has 1 atom stereocenters. The largest absolute Gasteiger partial charge is 0.387 e. The number of benzene rings is 1. The summed E-state index contributed by atoms with van der Waals surface area (Å²) in [6, 6.07) is 7.26. The molecule has 2 aliphatic heterocycles. The fourth-order valence-corrected chi connectivity index (χ4v) is 4.23. The number of piperidine rings is 1. The van der Waals surface area contributed by atoms with Crippen LogP contribution in [0.25, 0.3) is 0 Å². The van der Waals surface area contributed by atoms with Gasteiger partial charge in [-0.05, 0) is 62.8 Å². The lowest BCUT2D eigenvalue weighted by Crippen LogP contribution is -2.44. The molecular weight excluding hydrogens is 314 g/mol.